The van der Waals surface area contributed by atoms with Crippen molar-refractivity contribution >= 4 is 34.0 Å². The van der Waals surface area contributed by atoms with Gasteiger partial charge in [0.05, 0.1) is 28.7 Å². The summed E-state index contributed by atoms with van der Waals surface area (Å²) in [5.74, 6) is -0.352. The lowest BCUT2D eigenvalue weighted by Gasteiger charge is -2.12. The zero-order valence-corrected chi connectivity index (χ0v) is 15.8. The van der Waals surface area contributed by atoms with Crippen LogP contribution in [0.25, 0.3) is 16.5 Å². The Balaban J connectivity index is 1.54. The molecule has 0 spiro atoms. The van der Waals surface area contributed by atoms with E-state index in [9.17, 15) is 14.4 Å². The number of hydrogen-bond donors (Lipinski definition) is 2. The summed E-state index contributed by atoms with van der Waals surface area (Å²) >= 11 is 6.05. The van der Waals surface area contributed by atoms with Gasteiger partial charge in [-0.15, -0.1) is 0 Å². The van der Waals surface area contributed by atoms with Crippen LogP contribution in [-0.4, -0.2) is 30.5 Å². The van der Waals surface area contributed by atoms with E-state index in [-0.39, 0.29) is 30.0 Å². The number of aryl methyl sites for hydroxylation is 1. The summed E-state index contributed by atoms with van der Waals surface area (Å²) in [6.07, 6.45) is 2.85. The van der Waals surface area contributed by atoms with E-state index in [0.29, 0.717) is 27.2 Å². The number of halogens is 1. The van der Waals surface area contributed by atoms with Crippen molar-refractivity contribution in [2.45, 2.75) is 13.0 Å². The fraction of sp³-hybridized carbons (Fsp3) is 0.105. The van der Waals surface area contributed by atoms with Gasteiger partial charge in [0.15, 0.2) is 0 Å². The van der Waals surface area contributed by atoms with Gasteiger partial charge in [-0.2, -0.15) is 5.10 Å². The number of carbonyl (C=O) groups is 1. The zero-order valence-electron chi connectivity index (χ0n) is 15.0. The van der Waals surface area contributed by atoms with Crippen LogP contribution in [0.1, 0.15) is 6.42 Å². The minimum Gasteiger partial charge on any atom is -0.324 e. The van der Waals surface area contributed by atoms with Crippen LogP contribution in [0.15, 0.2) is 64.7 Å². The van der Waals surface area contributed by atoms with Crippen molar-refractivity contribution in [2.75, 3.05) is 5.32 Å². The second-order valence-electron chi connectivity index (χ2n) is 6.24. The summed E-state index contributed by atoms with van der Waals surface area (Å²) in [5, 5.41) is 10.4. The standard InChI is InChI=1S/C19H15ClN6O3/c20-12-5-6-16(26-11-21-10-22-26)15(9-12)23-17(27)7-8-25-19(29)14-4-2-1-3-13(14)18(28)24-25/h1-6,9-11H,7-8H2,(H,23,27)(H,24,28). The van der Waals surface area contributed by atoms with Crippen LogP contribution >= 0.6 is 11.6 Å². The lowest BCUT2D eigenvalue weighted by molar-refractivity contribution is -0.116. The third-order valence-corrected chi connectivity index (χ3v) is 4.58. The number of benzene rings is 2. The fourth-order valence-corrected chi connectivity index (χ4v) is 3.14. The molecule has 0 radical (unpaired) electrons. The Labute approximate surface area is 168 Å². The Kier molecular flexibility index (Phi) is 4.96. The molecule has 4 rings (SSSR count). The van der Waals surface area contributed by atoms with Crippen molar-refractivity contribution in [2.24, 2.45) is 0 Å². The van der Waals surface area contributed by atoms with Crippen LogP contribution in [0, 0.1) is 0 Å². The topological polar surface area (TPSA) is 115 Å². The average molecular weight is 411 g/mol. The number of carbonyl (C=O) groups excluding carboxylic acids is 1. The number of rotatable bonds is 5. The second-order valence-corrected chi connectivity index (χ2v) is 6.68. The number of aromatic nitrogens is 5. The van der Waals surface area contributed by atoms with Crippen molar-refractivity contribution < 1.29 is 4.79 Å². The molecule has 2 aromatic carbocycles. The maximum atomic E-state index is 12.5. The van der Waals surface area contributed by atoms with E-state index in [1.807, 2.05) is 0 Å². The summed E-state index contributed by atoms with van der Waals surface area (Å²) in [6.45, 7) is 0.0178. The van der Waals surface area contributed by atoms with Gasteiger partial charge in [0.1, 0.15) is 12.7 Å². The van der Waals surface area contributed by atoms with Crippen LogP contribution in [0.4, 0.5) is 5.69 Å². The Morgan fingerprint density at radius 3 is 2.69 bits per heavy atom. The van der Waals surface area contributed by atoms with E-state index >= 15 is 0 Å². The molecule has 29 heavy (non-hydrogen) atoms. The molecule has 2 N–H and O–H groups in total. The molecule has 2 aromatic heterocycles. The van der Waals surface area contributed by atoms with E-state index in [2.05, 4.69) is 20.5 Å². The van der Waals surface area contributed by atoms with Gasteiger partial charge < -0.3 is 5.32 Å². The first kappa shape index (κ1) is 18.6. The molecule has 0 aliphatic rings. The summed E-state index contributed by atoms with van der Waals surface area (Å²) in [7, 11) is 0. The molecule has 0 atom stereocenters. The van der Waals surface area contributed by atoms with Gasteiger partial charge in [0.25, 0.3) is 11.1 Å². The van der Waals surface area contributed by atoms with E-state index in [1.54, 1.807) is 42.5 Å². The van der Waals surface area contributed by atoms with Gasteiger partial charge in [-0.1, -0.05) is 23.7 Å². The summed E-state index contributed by atoms with van der Waals surface area (Å²) in [5.41, 5.74) is 0.298. The SMILES string of the molecule is O=C(CCn1[nH]c(=O)c2ccccc2c1=O)Nc1cc(Cl)ccc1-n1cncn1. The minimum atomic E-state index is -0.385. The number of anilines is 1. The molecule has 0 unspecified atom stereocenters. The molecule has 9 nitrogen and oxygen atoms in total. The number of hydrogen-bond acceptors (Lipinski definition) is 5. The van der Waals surface area contributed by atoms with E-state index < -0.39 is 0 Å². The molecular weight excluding hydrogens is 396 g/mol. The number of nitrogens with zero attached hydrogens (tertiary/aromatic N) is 4. The minimum absolute atomic E-state index is 0.0178. The highest BCUT2D eigenvalue weighted by molar-refractivity contribution is 6.31. The van der Waals surface area contributed by atoms with Gasteiger partial charge in [-0.25, -0.2) is 14.3 Å². The number of amides is 1. The highest BCUT2D eigenvalue weighted by Crippen LogP contribution is 2.24. The zero-order chi connectivity index (χ0) is 20.4. The third kappa shape index (κ3) is 3.81. The Morgan fingerprint density at radius 2 is 1.93 bits per heavy atom. The lowest BCUT2D eigenvalue weighted by Crippen LogP contribution is -2.31. The monoisotopic (exact) mass is 410 g/mol. The Morgan fingerprint density at radius 1 is 1.14 bits per heavy atom. The fourth-order valence-electron chi connectivity index (χ4n) is 2.97. The van der Waals surface area contributed by atoms with E-state index in [1.165, 1.54) is 17.3 Å². The van der Waals surface area contributed by atoms with Crippen LogP contribution in [0.2, 0.25) is 5.02 Å². The average Bonchev–Trinajstić information content (AvgIpc) is 3.24. The number of fused-ring (bicyclic) bond motifs is 1. The Bertz CT molecular complexity index is 1310. The van der Waals surface area contributed by atoms with Gasteiger partial charge in [0.2, 0.25) is 5.91 Å². The Hall–Kier alpha value is -3.72. The van der Waals surface area contributed by atoms with Crippen LogP contribution in [-0.2, 0) is 11.3 Å². The van der Waals surface area contributed by atoms with Crippen molar-refractivity contribution in [3.05, 3.63) is 80.8 Å². The molecule has 146 valence electrons. The third-order valence-electron chi connectivity index (χ3n) is 4.34. The van der Waals surface area contributed by atoms with Gasteiger partial charge >= 0.3 is 0 Å². The van der Waals surface area contributed by atoms with Gasteiger partial charge in [0, 0.05) is 11.4 Å². The first-order valence-electron chi connectivity index (χ1n) is 8.69. The molecule has 2 heterocycles. The molecule has 4 aromatic rings. The van der Waals surface area contributed by atoms with Crippen LogP contribution in [0.5, 0.6) is 0 Å². The molecule has 0 fully saturated rings. The number of aromatic amines is 1. The van der Waals surface area contributed by atoms with Crippen molar-refractivity contribution in [1.82, 2.24) is 24.5 Å². The smallest absolute Gasteiger partial charge is 0.273 e. The van der Waals surface area contributed by atoms with E-state index in [0.717, 1.165) is 4.68 Å². The van der Waals surface area contributed by atoms with Crippen molar-refractivity contribution in [3.63, 3.8) is 0 Å². The highest BCUT2D eigenvalue weighted by Gasteiger charge is 2.12. The number of H-pyrrole nitrogens is 1. The highest BCUT2D eigenvalue weighted by atomic mass is 35.5. The molecule has 0 aliphatic heterocycles. The molecule has 0 saturated carbocycles. The van der Waals surface area contributed by atoms with Gasteiger partial charge in [-0.05, 0) is 30.3 Å². The molecule has 0 saturated heterocycles. The summed E-state index contributed by atoms with van der Waals surface area (Å²) in [6, 6.07) is 11.5. The van der Waals surface area contributed by atoms with Crippen LogP contribution in [0.3, 0.4) is 0 Å². The maximum absolute atomic E-state index is 12.5. The van der Waals surface area contributed by atoms with Crippen molar-refractivity contribution in [1.29, 1.82) is 0 Å². The predicted octanol–water partition coefficient (Wildman–Crippen LogP) is 1.95. The summed E-state index contributed by atoms with van der Waals surface area (Å²) < 4.78 is 2.64. The first-order valence-corrected chi connectivity index (χ1v) is 9.07. The molecule has 1 amide bonds. The molecular formula is C19H15ClN6O3. The molecule has 0 aliphatic carbocycles. The quantitative estimate of drug-likeness (QED) is 0.522. The van der Waals surface area contributed by atoms with Gasteiger partial charge in [-0.3, -0.25) is 19.5 Å². The normalized spacial score (nSPS) is 10.9. The van der Waals surface area contributed by atoms with E-state index in [4.69, 9.17) is 11.6 Å². The predicted molar refractivity (Wildman–Crippen MR) is 108 cm³/mol. The molecule has 10 heteroatoms. The first-order chi connectivity index (χ1) is 14.0. The largest absolute Gasteiger partial charge is 0.324 e. The lowest BCUT2D eigenvalue weighted by atomic mass is 10.2. The summed E-state index contributed by atoms with van der Waals surface area (Å²) in [4.78, 5) is 41.1. The molecule has 0 bridgehead atoms. The second kappa shape index (κ2) is 7.72. The number of nitrogens with one attached hydrogen (secondary N) is 2. The maximum Gasteiger partial charge on any atom is 0.273 e. The van der Waals surface area contributed by atoms with Crippen LogP contribution < -0.4 is 16.4 Å². The van der Waals surface area contributed by atoms with Crippen molar-refractivity contribution in [3.8, 4) is 5.69 Å².